The molecule has 0 aromatic carbocycles. The number of halogens is 6. The molecule has 3 saturated heterocycles. The molecule has 0 unspecified atom stereocenters. The number of hydrogen-bond donors (Lipinski definition) is 2. The molecule has 3 fully saturated rings. The third-order valence-electron chi connectivity index (χ3n) is 6.51. The van der Waals surface area contributed by atoms with Crippen molar-refractivity contribution in [2.24, 2.45) is 5.92 Å². The summed E-state index contributed by atoms with van der Waals surface area (Å²) in [5, 5.41) is 14.2. The number of aromatic nitrogens is 1. The first kappa shape index (κ1) is 32.1. The number of carbonyl (C=O) groups is 3. The van der Waals surface area contributed by atoms with Crippen LogP contribution in [-0.2, 0) is 20.9 Å². The van der Waals surface area contributed by atoms with Gasteiger partial charge in [0.1, 0.15) is 0 Å². The summed E-state index contributed by atoms with van der Waals surface area (Å²) < 4.78 is 69.2. The van der Waals surface area contributed by atoms with E-state index in [1.54, 1.807) is 0 Å². The Morgan fingerprint density at radius 2 is 1.46 bits per heavy atom. The van der Waals surface area contributed by atoms with Crippen molar-refractivity contribution >= 4 is 18.0 Å². The van der Waals surface area contributed by atoms with Crippen LogP contribution in [0.2, 0.25) is 0 Å². The van der Waals surface area contributed by atoms with E-state index < -0.39 is 24.3 Å². The van der Waals surface area contributed by atoms with Gasteiger partial charge in [-0.1, -0.05) is 0 Å². The Morgan fingerprint density at radius 3 is 1.92 bits per heavy atom. The molecule has 0 radical (unpaired) electrons. The number of methoxy groups -OCH3 is 1. The minimum Gasteiger partial charge on any atom is -0.475 e. The zero-order valence-corrected chi connectivity index (χ0v) is 21.0. The molecule has 0 bridgehead atoms. The minimum atomic E-state index is -5.08. The summed E-state index contributed by atoms with van der Waals surface area (Å²) in [7, 11) is 1.81. The lowest BCUT2D eigenvalue weighted by Crippen LogP contribution is -2.56. The van der Waals surface area contributed by atoms with E-state index in [1.807, 2.05) is 24.4 Å². The molecule has 2 amide bonds. The maximum atomic E-state index is 13.0. The van der Waals surface area contributed by atoms with Gasteiger partial charge in [0.15, 0.2) is 0 Å². The molecule has 1 aromatic rings. The van der Waals surface area contributed by atoms with E-state index in [2.05, 4.69) is 26.9 Å². The molecule has 16 heteroatoms. The Kier molecular flexibility index (Phi) is 11.3. The van der Waals surface area contributed by atoms with Gasteiger partial charge in [0.2, 0.25) is 0 Å². The first-order valence-corrected chi connectivity index (χ1v) is 11.9. The van der Waals surface area contributed by atoms with Crippen LogP contribution in [0.1, 0.15) is 24.8 Å². The Morgan fingerprint density at radius 1 is 0.949 bits per heavy atom. The normalized spacial score (nSPS) is 23.2. The maximum Gasteiger partial charge on any atom is 0.490 e. The number of carboxylic acid groups (broad SMARTS) is 2. The summed E-state index contributed by atoms with van der Waals surface area (Å²) >= 11 is 0. The summed E-state index contributed by atoms with van der Waals surface area (Å²) in [4.78, 5) is 41.5. The molecular weight excluding hydrogens is 542 g/mol. The van der Waals surface area contributed by atoms with Gasteiger partial charge in [0.05, 0.1) is 12.1 Å². The van der Waals surface area contributed by atoms with Crippen LogP contribution in [0.25, 0.3) is 0 Å². The van der Waals surface area contributed by atoms with E-state index in [9.17, 15) is 31.1 Å². The zero-order chi connectivity index (χ0) is 29.4. The van der Waals surface area contributed by atoms with Crippen molar-refractivity contribution in [3.05, 3.63) is 30.1 Å². The number of likely N-dealkylation sites (tertiary alicyclic amines) is 3. The van der Waals surface area contributed by atoms with Crippen molar-refractivity contribution in [3.63, 3.8) is 0 Å². The highest BCUT2D eigenvalue weighted by molar-refractivity contribution is 5.75. The van der Waals surface area contributed by atoms with Gasteiger partial charge in [-0.25, -0.2) is 14.4 Å². The second kappa shape index (κ2) is 13.8. The third-order valence-corrected chi connectivity index (χ3v) is 6.51. The molecule has 3 atom stereocenters. The molecule has 0 saturated carbocycles. The SMILES string of the molecule is CO[C@@H]1CCN(C(=O)N2CCCC2)[C@@H]2CN(Cc3ccncc3)C[C@@H]21.O=C(O)C(F)(F)F.O=C(O)C(F)(F)F. The molecule has 0 aliphatic carbocycles. The summed E-state index contributed by atoms with van der Waals surface area (Å²) in [5.74, 6) is -5.10. The van der Waals surface area contributed by atoms with Gasteiger partial charge in [-0.3, -0.25) is 9.88 Å². The van der Waals surface area contributed by atoms with Crippen molar-refractivity contribution in [3.8, 4) is 0 Å². The quantitative estimate of drug-likeness (QED) is 0.530. The number of pyridine rings is 1. The fourth-order valence-electron chi connectivity index (χ4n) is 4.73. The first-order valence-electron chi connectivity index (χ1n) is 11.9. The largest absolute Gasteiger partial charge is 0.490 e. The van der Waals surface area contributed by atoms with Crippen LogP contribution in [0.3, 0.4) is 0 Å². The number of nitrogens with zero attached hydrogens (tertiary/aromatic N) is 4. The van der Waals surface area contributed by atoms with Crippen LogP contribution in [0, 0.1) is 5.92 Å². The van der Waals surface area contributed by atoms with Gasteiger partial charge in [-0.2, -0.15) is 26.3 Å². The standard InChI is InChI=1S/C19H28N4O2.2C2HF3O2/c1-25-18-6-11-23(19(24)22-9-2-3-10-22)17-14-21(13-16(17)18)12-15-4-7-20-8-5-15;2*3-2(4,5)1(6)7/h4-5,7-8,16-18H,2-3,6,9-14H2,1H3;2*(H,6,7)/t16-,17+,18+;;/m0../s1. The summed E-state index contributed by atoms with van der Waals surface area (Å²) in [6.45, 7) is 5.50. The number of aliphatic carboxylic acids is 2. The average molecular weight is 573 g/mol. The monoisotopic (exact) mass is 572 g/mol. The molecular formula is C23H30F6N4O6. The Labute approximate surface area is 220 Å². The van der Waals surface area contributed by atoms with Crippen molar-refractivity contribution in [1.82, 2.24) is 19.7 Å². The van der Waals surface area contributed by atoms with Crippen molar-refractivity contribution in [2.75, 3.05) is 39.8 Å². The van der Waals surface area contributed by atoms with Crippen molar-refractivity contribution in [1.29, 1.82) is 0 Å². The molecule has 1 aromatic heterocycles. The number of urea groups is 1. The smallest absolute Gasteiger partial charge is 0.475 e. The van der Waals surface area contributed by atoms with Gasteiger partial charge in [-0.05, 0) is 37.0 Å². The van der Waals surface area contributed by atoms with Crippen LogP contribution >= 0.6 is 0 Å². The zero-order valence-electron chi connectivity index (χ0n) is 21.0. The lowest BCUT2D eigenvalue weighted by Gasteiger charge is -2.42. The molecule has 0 spiro atoms. The van der Waals surface area contributed by atoms with Gasteiger partial charge in [-0.15, -0.1) is 0 Å². The molecule has 2 N–H and O–H groups in total. The van der Waals surface area contributed by atoms with Crippen molar-refractivity contribution < 1.29 is 55.7 Å². The van der Waals surface area contributed by atoms with Crippen LogP contribution in [-0.4, -0.2) is 112 Å². The molecule has 3 aliphatic rings. The second-order valence-electron chi connectivity index (χ2n) is 9.12. The number of hydrogen-bond acceptors (Lipinski definition) is 6. The van der Waals surface area contributed by atoms with E-state index in [1.165, 1.54) is 5.56 Å². The first-order chi connectivity index (χ1) is 18.1. The predicted octanol–water partition coefficient (Wildman–Crippen LogP) is 3.09. The number of carboxylic acids is 2. The summed E-state index contributed by atoms with van der Waals surface area (Å²) in [6.07, 6.45) is -2.99. The lowest BCUT2D eigenvalue weighted by molar-refractivity contribution is -0.193. The number of fused-ring (bicyclic) bond motifs is 1. The summed E-state index contributed by atoms with van der Waals surface area (Å²) in [6, 6.07) is 4.66. The average Bonchev–Trinajstić information content (AvgIpc) is 3.54. The molecule has 220 valence electrons. The van der Waals surface area contributed by atoms with Gasteiger partial charge >= 0.3 is 30.3 Å². The number of amides is 2. The van der Waals surface area contributed by atoms with Crippen molar-refractivity contribution in [2.45, 2.75) is 50.3 Å². The highest BCUT2D eigenvalue weighted by atomic mass is 19.4. The third kappa shape index (κ3) is 9.53. The van der Waals surface area contributed by atoms with E-state index in [-0.39, 0.29) is 18.2 Å². The van der Waals surface area contributed by atoms with Crippen LogP contribution < -0.4 is 0 Å². The highest BCUT2D eigenvalue weighted by Gasteiger charge is 2.47. The predicted molar refractivity (Wildman–Crippen MR) is 122 cm³/mol. The highest BCUT2D eigenvalue weighted by Crippen LogP contribution is 2.34. The fourth-order valence-corrected chi connectivity index (χ4v) is 4.73. The summed E-state index contributed by atoms with van der Waals surface area (Å²) in [5.41, 5.74) is 1.28. The van der Waals surface area contributed by atoms with E-state index in [4.69, 9.17) is 24.5 Å². The molecule has 39 heavy (non-hydrogen) atoms. The number of alkyl halides is 6. The Balaban J connectivity index is 0.000000317. The van der Waals surface area contributed by atoms with Crippen LogP contribution in [0.5, 0.6) is 0 Å². The topological polar surface area (TPSA) is 124 Å². The number of rotatable bonds is 3. The van der Waals surface area contributed by atoms with Gasteiger partial charge in [0.25, 0.3) is 0 Å². The minimum absolute atomic E-state index is 0.243. The number of piperidine rings is 1. The van der Waals surface area contributed by atoms with Gasteiger partial charge in [0, 0.05) is 64.7 Å². The fraction of sp³-hybridized carbons (Fsp3) is 0.652. The van der Waals surface area contributed by atoms with E-state index in [0.29, 0.717) is 5.92 Å². The second-order valence-corrected chi connectivity index (χ2v) is 9.12. The lowest BCUT2D eigenvalue weighted by atomic mass is 9.89. The van der Waals surface area contributed by atoms with Crippen LogP contribution in [0.15, 0.2) is 24.5 Å². The molecule has 3 aliphatic heterocycles. The molecule has 4 heterocycles. The van der Waals surface area contributed by atoms with Crippen LogP contribution in [0.4, 0.5) is 31.1 Å². The maximum absolute atomic E-state index is 13.0. The van der Waals surface area contributed by atoms with E-state index in [0.717, 1.165) is 58.5 Å². The van der Waals surface area contributed by atoms with E-state index >= 15 is 0 Å². The molecule has 10 nitrogen and oxygen atoms in total. The Bertz CT molecular complexity index is 935. The molecule has 4 rings (SSSR count). The number of carbonyl (C=O) groups excluding carboxylic acids is 1. The van der Waals surface area contributed by atoms with Gasteiger partial charge < -0.3 is 24.7 Å². The number of ether oxygens (including phenoxy) is 1. The Hall–Kier alpha value is -3.14.